The van der Waals surface area contributed by atoms with E-state index in [1.807, 2.05) is 71.1 Å². The lowest BCUT2D eigenvalue weighted by atomic mass is 9.97. The highest BCUT2D eigenvalue weighted by Crippen LogP contribution is 2.31. The Bertz CT molecular complexity index is 1120. The number of hydrogen-bond donors (Lipinski definition) is 0. The zero-order chi connectivity index (χ0) is 22.0. The Morgan fingerprint density at radius 2 is 1.97 bits per heavy atom. The molecular weight excluding hydrogens is 410 g/mol. The summed E-state index contributed by atoms with van der Waals surface area (Å²) in [5.74, 6) is 0.823. The smallest absolute Gasteiger partial charge is 0.250 e. The molecule has 0 N–H and O–H groups in total. The number of benzene rings is 2. The number of amides is 1. The van der Waals surface area contributed by atoms with Crippen molar-refractivity contribution in [1.82, 2.24) is 14.5 Å². The SMILES string of the molecule is COc1cc(C=C2CCCN([C@@H](C)c3ccc(Cl)cc3)C2=O)ccc1-n1cnc(C)c1. The van der Waals surface area contributed by atoms with Crippen LogP contribution in [0, 0.1) is 6.92 Å². The van der Waals surface area contributed by atoms with Gasteiger partial charge >= 0.3 is 0 Å². The molecule has 0 aliphatic carbocycles. The Kier molecular flexibility index (Phi) is 6.14. The molecule has 0 bridgehead atoms. The van der Waals surface area contributed by atoms with E-state index in [9.17, 15) is 4.79 Å². The second kappa shape index (κ2) is 8.98. The zero-order valence-electron chi connectivity index (χ0n) is 18.0. The normalized spacial score (nSPS) is 16.6. The van der Waals surface area contributed by atoms with Gasteiger partial charge in [-0.1, -0.05) is 29.8 Å². The molecule has 0 radical (unpaired) electrons. The van der Waals surface area contributed by atoms with Crippen molar-refractivity contribution in [2.45, 2.75) is 32.7 Å². The number of nitrogens with zero attached hydrogens (tertiary/aromatic N) is 3. The molecule has 5 nitrogen and oxygen atoms in total. The third-order valence-electron chi connectivity index (χ3n) is 5.74. The number of aryl methyl sites for hydroxylation is 1. The minimum atomic E-state index is -0.00476. The highest BCUT2D eigenvalue weighted by Gasteiger charge is 2.27. The van der Waals surface area contributed by atoms with E-state index in [-0.39, 0.29) is 11.9 Å². The molecule has 6 heteroatoms. The fourth-order valence-electron chi connectivity index (χ4n) is 4.01. The molecule has 0 spiro atoms. The number of rotatable bonds is 5. The van der Waals surface area contributed by atoms with Gasteiger partial charge in [0.25, 0.3) is 0 Å². The number of halogens is 1. The van der Waals surface area contributed by atoms with Crippen molar-refractivity contribution >= 4 is 23.6 Å². The van der Waals surface area contributed by atoms with Crippen LogP contribution in [-0.2, 0) is 4.79 Å². The highest BCUT2D eigenvalue weighted by molar-refractivity contribution is 6.30. The van der Waals surface area contributed by atoms with Gasteiger partial charge in [0.1, 0.15) is 5.75 Å². The van der Waals surface area contributed by atoms with Crippen LogP contribution in [-0.4, -0.2) is 34.0 Å². The van der Waals surface area contributed by atoms with E-state index < -0.39 is 0 Å². The molecule has 1 amide bonds. The molecule has 1 aromatic heterocycles. The van der Waals surface area contributed by atoms with Crippen molar-refractivity contribution in [2.75, 3.05) is 13.7 Å². The summed E-state index contributed by atoms with van der Waals surface area (Å²) >= 11 is 6.02. The summed E-state index contributed by atoms with van der Waals surface area (Å²) in [6.45, 7) is 4.77. The monoisotopic (exact) mass is 435 g/mol. The molecule has 1 aliphatic heterocycles. The van der Waals surface area contributed by atoms with Gasteiger partial charge < -0.3 is 14.2 Å². The number of carbonyl (C=O) groups is 1. The van der Waals surface area contributed by atoms with Crippen LogP contribution in [0.3, 0.4) is 0 Å². The number of carbonyl (C=O) groups excluding carboxylic acids is 1. The summed E-state index contributed by atoms with van der Waals surface area (Å²) in [5, 5.41) is 0.699. The number of piperidine rings is 1. The van der Waals surface area contributed by atoms with Gasteiger partial charge in [0.05, 0.1) is 30.9 Å². The van der Waals surface area contributed by atoms with Crippen molar-refractivity contribution in [3.63, 3.8) is 0 Å². The second-order valence-corrected chi connectivity index (χ2v) is 8.29. The summed E-state index contributed by atoms with van der Waals surface area (Å²) in [6.07, 6.45) is 7.42. The first-order valence-electron chi connectivity index (χ1n) is 10.4. The van der Waals surface area contributed by atoms with E-state index in [1.54, 1.807) is 13.4 Å². The first-order chi connectivity index (χ1) is 15.0. The average molecular weight is 436 g/mol. The van der Waals surface area contributed by atoms with Crippen molar-refractivity contribution in [3.05, 3.63) is 82.4 Å². The quantitative estimate of drug-likeness (QED) is 0.489. The summed E-state index contributed by atoms with van der Waals surface area (Å²) in [5.41, 5.74) is 4.71. The van der Waals surface area contributed by atoms with Crippen LogP contribution in [0.5, 0.6) is 5.75 Å². The number of hydrogen-bond acceptors (Lipinski definition) is 3. The van der Waals surface area contributed by atoms with Gasteiger partial charge in [-0.25, -0.2) is 4.98 Å². The molecule has 4 rings (SSSR count). The maximum Gasteiger partial charge on any atom is 0.250 e. The molecular formula is C25H26ClN3O2. The van der Waals surface area contributed by atoms with E-state index >= 15 is 0 Å². The lowest BCUT2D eigenvalue weighted by molar-refractivity contribution is -0.130. The van der Waals surface area contributed by atoms with Crippen molar-refractivity contribution in [2.24, 2.45) is 0 Å². The molecule has 3 aromatic rings. The fourth-order valence-corrected chi connectivity index (χ4v) is 4.13. The standard InChI is InChI=1S/C25H26ClN3O2/c1-17-15-28(16-27-17)23-11-6-19(14-24(23)31-3)13-21-5-4-12-29(25(21)30)18(2)20-7-9-22(26)10-8-20/h6-11,13-16,18H,4-5,12H2,1-3H3/t18-/m0/s1. The van der Waals surface area contributed by atoms with E-state index in [1.165, 1.54) is 0 Å². The maximum atomic E-state index is 13.2. The first kappa shape index (κ1) is 21.2. The summed E-state index contributed by atoms with van der Waals surface area (Å²) in [4.78, 5) is 19.5. The third kappa shape index (κ3) is 4.52. The summed E-state index contributed by atoms with van der Waals surface area (Å²) in [6, 6.07) is 13.7. The largest absolute Gasteiger partial charge is 0.495 e. The molecule has 0 unspecified atom stereocenters. The van der Waals surface area contributed by atoms with Gasteiger partial charge in [-0.05, 0) is 68.2 Å². The second-order valence-electron chi connectivity index (χ2n) is 7.85. The van der Waals surface area contributed by atoms with E-state index in [2.05, 4.69) is 11.9 Å². The summed E-state index contributed by atoms with van der Waals surface area (Å²) < 4.78 is 7.55. The molecule has 31 heavy (non-hydrogen) atoms. The Morgan fingerprint density at radius 1 is 1.19 bits per heavy atom. The van der Waals surface area contributed by atoms with Crippen LogP contribution in [0.15, 0.2) is 60.6 Å². The van der Waals surface area contributed by atoms with Crippen LogP contribution in [0.1, 0.15) is 42.6 Å². The van der Waals surface area contributed by atoms with Gasteiger partial charge in [-0.15, -0.1) is 0 Å². The van der Waals surface area contributed by atoms with Crippen LogP contribution in [0.25, 0.3) is 11.8 Å². The van der Waals surface area contributed by atoms with Gasteiger partial charge in [-0.3, -0.25) is 4.79 Å². The number of likely N-dealkylation sites (tertiary alicyclic amines) is 1. The molecule has 2 aromatic carbocycles. The molecule has 2 heterocycles. The first-order valence-corrected chi connectivity index (χ1v) is 10.8. The number of aromatic nitrogens is 2. The topological polar surface area (TPSA) is 47.4 Å². The minimum absolute atomic E-state index is 0.00476. The Morgan fingerprint density at radius 3 is 2.65 bits per heavy atom. The van der Waals surface area contributed by atoms with Gasteiger partial charge in [-0.2, -0.15) is 0 Å². The molecule has 160 valence electrons. The van der Waals surface area contributed by atoms with Crippen LogP contribution < -0.4 is 4.74 Å². The fraction of sp³-hybridized carbons (Fsp3) is 0.280. The zero-order valence-corrected chi connectivity index (χ0v) is 18.8. The van der Waals surface area contributed by atoms with Crippen molar-refractivity contribution in [1.29, 1.82) is 0 Å². The Hall–Kier alpha value is -3.05. The predicted octanol–water partition coefficient (Wildman–Crippen LogP) is 5.61. The van der Waals surface area contributed by atoms with Crippen LogP contribution in [0.2, 0.25) is 5.02 Å². The molecule has 1 atom stereocenters. The van der Waals surface area contributed by atoms with Crippen molar-refractivity contribution < 1.29 is 9.53 Å². The highest BCUT2D eigenvalue weighted by atomic mass is 35.5. The number of imidazole rings is 1. The van der Waals surface area contributed by atoms with Gasteiger partial charge in [0.15, 0.2) is 0 Å². The van der Waals surface area contributed by atoms with Crippen molar-refractivity contribution in [3.8, 4) is 11.4 Å². The van der Waals surface area contributed by atoms with Crippen LogP contribution >= 0.6 is 11.6 Å². The predicted molar refractivity (Wildman–Crippen MR) is 124 cm³/mol. The maximum absolute atomic E-state index is 13.2. The average Bonchev–Trinajstić information content (AvgIpc) is 3.21. The van der Waals surface area contributed by atoms with E-state index in [0.29, 0.717) is 5.02 Å². The lowest BCUT2D eigenvalue weighted by Crippen LogP contribution is -2.38. The molecule has 1 saturated heterocycles. The van der Waals surface area contributed by atoms with E-state index in [0.717, 1.165) is 53.2 Å². The molecule has 1 aliphatic rings. The van der Waals surface area contributed by atoms with E-state index in [4.69, 9.17) is 16.3 Å². The number of methoxy groups -OCH3 is 1. The third-order valence-corrected chi connectivity index (χ3v) is 5.99. The van der Waals surface area contributed by atoms with Crippen LogP contribution in [0.4, 0.5) is 0 Å². The summed E-state index contributed by atoms with van der Waals surface area (Å²) in [7, 11) is 1.65. The minimum Gasteiger partial charge on any atom is -0.495 e. The van der Waals surface area contributed by atoms with Gasteiger partial charge in [0, 0.05) is 23.3 Å². The molecule has 1 fully saturated rings. The Balaban J connectivity index is 1.59. The molecule has 0 saturated carbocycles. The Labute approximate surface area is 187 Å². The van der Waals surface area contributed by atoms with Gasteiger partial charge in [0.2, 0.25) is 5.91 Å². The number of ether oxygens (including phenoxy) is 1. The lowest BCUT2D eigenvalue weighted by Gasteiger charge is -2.34.